The topological polar surface area (TPSA) is 114 Å². The van der Waals surface area contributed by atoms with Crippen LogP contribution in [0.1, 0.15) is 43.7 Å². The number of anilines is 1. The number of benzene rings is 2. The molecule has 1 amide bonds. The summed E-state index contributed by atoms with van der Waals surface area (Å²) in [6.45, 7) is 5.70. The van der Waals surface area contributed by atoms with Gasteiger partial charge >= 0.3 is 0 Å². The number of carbonyl (C=O) groups is 2. The van der Waals surface area contributed by atoms with E-state index in [9.17, 15) is 14.9 Å². The quantitative estimate of drug-likeness (QED) is 0.685. The highest BCUT2D eigenvalue weighted by atomic mass is 16.5. The Morgan fingerprint density at radius 3 is 2.74 bits per heavy atom. The molecule has 2 aliphatic rings. The molecule has 0 saturated carbocycles. The molecule has 34 heavy (non-hydrogen) atoms. The summed E-state index contributed by atoms with van der Waals surface area (Å²) in [7, 11) is 0. The van der Waals surface area contributed by atoms with E-state index >= 15 is 0 Å². The van der Waals surface area contributed by atoms with E-state index in [2.05, 4.69) is 11.4 Å². The van der Waals surface area contributed by atoms with Crippen LogP contribution < -0.4 is 15.8 Å². The number of hydrogen-bond acceptors (Lipinski definition) is 6. The number of amides is 1. The van der Waals surface area contributed by atoms with Crippen LogP contribution in [-0.4, -0.2) is 18.3 Å². The second-order valence-corrected chi connectivity index (χ2v) is 9.45. The number of rotatable bonds is 5. The molecule has 0 radical (unpaired) electrons. The summed E-state index contributed by atoms with van der Waals surface area (Å²) in [4.78, 5) is 25.7. The van der Waals surface area contributed by atoms with E-state index in [1.807, 2.05) is 39.0 Å². The maximum absolute atomic E-state index is 13.2. The molecule has 1 unspecified atom stereocenters. The second-order valence-electron chi connectivity index (χ2n) is 9.45. The van der Waals surface area contributed by atoms with Gasteiger partial charge in [0.25, 0.3) is 5.91 Å². The first-order chi connectivity index (χ1) is 16.2. The predicted octanol–water partition coefficient (Wildman–Crippen LogP) is 4.46. The molecule has 0 fully saturated rings. The Labute approximate surface area is 198 Å². The van der Waals surface area contributed by atoms with Gasteiger partial charge in [0.1, 0.15) is 23.2 Å². The minimum atomic E-state index is -0.714. The number of ketones is 1. The summed E-state index contributed by atoms with van der Waals surface area (Å²) >= 11 is 0. The van der Waals surface area contributed by atoms with Crippen LogP contribution >= 0.6 is 0 Å². The van der Waals surface area contributed by atoms with Gasteiger partial charge in [-0.25, -0.2) is 0 Å². The Bertz CT molecular complexity index is 1270. The molecule has 0 aromatic heterocycles. The van der Waals surface area contributed by atoms with Crippen LogP contribution in [-0.2, 0) is 14.3 Å². The number of nitrogens with one attached hydrogen (secondary N) is 1. The smallest absolute Gasteiger partial charge is 0.262 e. The van der Waals surface area contributed by atoms with Gasteiger partial charge < -0.3 is 20.5 Å². The summed E-state index contributed by atoms with van der Waals surface area (Å²) in [5.74, 6) is -0.229. The number of aryl methyl sites for hydroxylation is 1. The number of Topliss-reactive ketones (excluding diaryl/α,β-unsaturated/α-hetero) is 1. The lowest BCUT2D eigenvalue weighted by Crippen LogP contribution is -2.33. The van der Waals surface area contributed by atoms with Gasteiger partial charge in [-0.3, -0.25) is 9.59 Å². The average molecular weight is 458 g/mol. The number of allylic oxidation sites excluding steroid dienone is 3. The average Bonchev–Trinajstić information content (AvgIpc) is 2.76. The van der Waals surface area contributed by atoms with Crippen molar-refractivity contribution in [3.8, 4) is 11.8 Å². The Morgan fingerprint density at radius 1 is 1.24 bits per heavy atom. The van der Waals surface area contributed by atoms with Gasteiger partial charge in [0.05, 0.1) is 5.92 Å². The molecule has 0 bridgehead atoms. The highest BCUT2D eigenvalue weighted by molar-refractivity contribution is 6.00. The minimum absolute atomic E-state index is 0.0104. The van der Waals surface area contributed by atoms with E-state index in [0.717, 1.165) is 5.56 Å². The molecule has 2 aromatic carbocycles. The van der Waals surface area contributed by atoms with Crippen LogP contribution in [0.3, 0.4) is 0 Å². The summed E-state index contributed by atoms with van der Waals surface area (Å²) in [6, 6.07) is 16.7. The summed E-state index contributed by atoms with van der Waals surface area (Å²) < 4.78 is 11.6. The van der Waals surface area contributed by atoms with Crippen LogP contribution in [0, 0.1) is 23.7 Å². The predicted molar refractivity (Wildman–Crippen MR) is 127 cm³/mol. The van der Waals surface area contributed by atoms with E-state index in [1.165, 1.54) is 0 Å². The van der Waals surface area contributed by atoms with E-state index in [0.29, 0.717) is 41.2 Å². The number of carbonyl (C=O) groups excluding carboxylic acids is 2. The van der Waals surface area contributed by atoms with Crippen molar-refractivity contribution in [2.24, 2.45) is 11.1 Å². The van der Waals surface area contributed by atoms with Gasteiger partial charge in [-0.05, 0) is 36.1 Å². The molecular weight excluding hydrogens is 430 g/mol. The third-order valence-corrected chi connectivity index (χ3v) is 5.97. The number of nitrogens with zero attached hydrogens (tertiary/aromatic N) is 1. The van der Waals surface area contributed by atoms with Crippen molar-refractivity contribution in [3.05, 3.63) is 82.4 Å². The Kier molecular flexibility index (Phi) is 6.16. The fourth-order valence-electron chi connectivity index (χ4n) is 4.51. The van der Waals surface area contributed by atoms with Crippen LogP contribution in [0.2, 0.25) is 0 Å². The standard InChI is InChI=1S/C27H27N3O4/c1-16-7-6-8-17(11-16)30-23(32)15-33-21-10-5-4-9-18(21)24-19(14-28)26(29)34-22-13-27(2,3)12-20(31)25(22)24/h4-11,24H,12-13,15,29H2,1-3H3,(H,30,32). The van der Waals surface area contributed by atoms with Crippen LogP contribution in [0.25, 0.3) is 0 Å². The fraction of sp³-hybridized carbons (Fsp3) is 0.296. The lowest BCUT2D eigenvalue weighted by molar-refractivity contribution is -0.119. The molecule has 0 saturated heterocycles. The van der Waals surface area contributed by atoms with Gasteiger partial charge in [-0.1, -0.05) is 44.2 Å². The largest absolute Gasteiger partial charge is 0.483 e. The molecular formula is C27H27N3O4. The van der Waals surface area contributed by atoms with Gasteiger partial charge in [0.15, 0.2) is 12.4 Å². The molecule has 7 heteroatoms. The number of nitrogens with two attached hydrogens (primary N) is 1. The second kappa shape index (κ2) is 9.06. The Balaban J connectivity index is 1.64. The highest BCUT2D eigenvalue weighted by Gasteiger charge is 2.43. The lowest BCUT2D eigenvalue weighted by atomic mass is 9.70. The molecule has 1 aliphatic heterocycles. The summed E-state index contributed by atoms with van der Waals surface area (Å²) in [5.41, 5.74) is 8.74. The molecule has 174 valence electrons. The molecule has 1 heterocycles. The van der Waals surface area contributed by atoms with Gasteiger partial charge in [0.2, 0.25) is 5.88 Å². The van der Waals surface area contributed by atoms with Crippen molar-refractivity contribution in [1.82, 2.24) is 0 Å². The van der Waals surface area contributed by atoms with E-state index in [-0.39, 0.29) is 35.2 Å². The molecule has 4 rings (SSSR count). The molecule has 3 N–H and O–H groups in total. The zero-order valence-corrected chi connectivity index (χ0v) is 19.5. The zero-order valence-electron chi connectivity index (χ0n) is 19.5. The van der Waals surface area contributed by atoms with Crippen molar-refractivity contribution < 1.29 is 19.1 Å². The minimum Gasteiger partial charge on any atom is -0.483 e. The van der Waals surface area contributed by atoms with Crippen LogP contribution in [0.5, 0.6) is 5.75 Å². The number of nitriles is 1. The Hall–Kier alpha value is -4.05. The molecule has 7 nitrogen and oxygen atoms in total. The molecule has 2 aromatic rings. The molecule has 0 spiro atoms. The van der Waals surface area contributed by atoms with E-state index in [4.69, 9.17) is 15.2 Å². The first kappa shape index (κ1) is 23.1. The fourth-order valence-corrected chi connectivity index (χ4v) is 4.51. The molecule has 1 atom stereocenters. The van der Waals surface area contributed by atoms with Crippen molar-refractivity contribution in [2.75, 3.05) is 11.9 Å². The van der Waals surface area contributed by atoms with Crippen LogP contribution in [0.15, 0.2) is 71.3 Å². The monoisotopic (exact) mass is 457 g/mol. The third-order valence-electron chi connectivity index (χ3n) is 5.97. The number of para-hydroxylation sites is 1. The SMILES string of the molecule is Cc1cccc(NC(=O)COc2ccccc2C2C(C#N)=C(N)OC3=C2C(=O)CC(C)(C)C3)c1. The first-order valence-corrected chi connectivity index (χ1v) is 11.1. The zero-order chi connectivity index (χ0) is 24.5. The van der Waals surface area contributed by atoms with Crippen molar-refractivity contribution in [1.29, 1.82) is 5.26 Å². The first-order valence-electron chi connectivity index (χ1n) is 11.1. The maximum atomic E-state index is 13.2. The summed E-state index contributed by atoms with van der Waals surface area (Å²) in [6.07, 6.45) is 0.873. The van der Waals surface area contributed by atoms with Crippen molar-refractivity contribution in [3.63, 3.8) is 0 Å². The normalized spacial score (nSPS) is 19.1. The van der Waals surface area contributed by atoms with Crippen molar-refractivity contribution >= 4 is 17.4 Å². The summed E-state index contributed by atoms with van der Waals surface area (Å²) in [5, 5.41) is 12.7. The Morgan fingerprint density at radius 2 is 2.00 bits per heavy atom. The number of ether oxygens (including phenoxy) is 2. The maximum Gasteiger partial charge on any atom is 0.262 e. The van der Waals surface area contributed by atoms with Gasteiger partial charge in [-0.15, -0.1) is 0 Å². The van der Waals surface area contributed by atoms with Crippen LogP contribution in [0.4, 0.5) is 5.69 Å². The van der Waals surface area contributed by atoms with E-state index in [1.54, 1.807) is 30.3 Å². The lowest BCUT2D eigenvalue weighted by Gasteiger charge is -2.37. The highest BCUT2D eigenvalue weighted by Crippen LogP contribution is 2.49. The van der Waals surface area contributed by atoms with Gasteiger partial charge in [0, 0.05) is 29.7 Å². The third kappa shape index (κ3) is 4.67. The number of hydrogen-bond donors (Lipinski definition) is 2. The van der Waals surface area contributed by atoms with Gasteiger partial charge in [-0.2, -0.15) is 5.26 Å². The van der Waals surface area contributed by atoms with Crippen molar-refractivity contribution in [2.45, 2.75) is 39.5 Å². The van der Waals surface area contributed by atoms with E-state index < -0.39 is 5.92 Å². The molecule has 1 aliphatic carbocycles.